The Hall–Kier alpha value is -1.33. The number of aromatic nitrogens is 1. The van der Waals surface area contributed by atoms with E-state index in [1.165, 1.54) is 12.1 Å². The summed E-state index contributed by atoms with van der Waals surface area (Å²) in [5.41, 5.74) is 1.27. The molecule has 20 heavy (non-hydrogen) atoms. The molecule has 5 rings (SSSR count). The second-order valence-electron chi connectivity index (χ2n) is 5.37. The van der Waals surface area contributed by atoms with Crippen LogP contribution in [-0.4, -0.2) is 42.1 Å². The van der Waals surface area contributed by atoms with Gasteiger partial charge in [0.05, 0.1) is 0 Å². The molecule has 108 valence electrons. The molecule has 3 fully saturated rings. The predicted octanol–water partition coefficient (Wildman–Crippen LogP) is 2.67. The SMILES string of the molecule is Cl.Fc1ccc2oc(N3CCN4CCC3CC4)nc2c1. The zero-order valence-corrected chi connectivity index (χ0v) is 11.9. The molecule has 0 N–H and O–H groups in total. The van der Waals surface area contributed by atoms with Crippen molar-refractivity contribution in [2.45, 2.75) is 18.9 Å². The maximum absolute atomic E-state index is 13.2. The molecule has 3 saturated heterocycles. The van der Waals surface area contributed by atoms with Gasteiger partial charge in [-0.2, -0.15) is 4.98 Å². The molecule has 4 heterocycles. The zero-order valence-electron chi connectivity index (χ0n) is 11.1. The molecule has 3 aliphatic rings. The minimum Gasteiger partial charge on any atom is -0.423 e. The third-order valence-corrected chi connectivity index (χ3v) is 4.24. The highest BCUT2D eigenvalue weighted by Gasteiger charge is 2.31. The molecule has 1 aromatic carbocycles. The van der Waals surface area contributed by atoms with E-state index in [-0.39, 0.29) is 18.2 Å². The van der Waals surface area contributed by atoms with Gasteiger partial charge in [0.15, 0.2) is 5.58 Å². The van der Waals surface area contributed by atoms with Gasteiger partial charge in [0.2, 0.25) is 0 Å². The number of piperidine rings is 1. The van der Waals surface area contributed by atoms with Crippen molar-refractivity contribution in [2.75, 3.05) is 31.1 Å². The summed E-state index contributed by atoms with van der Waals surface area (Å²) in [4.78, 5) is 9.20. The van der Waals surface area contributed by atoms with E-state index >= 15 is 0 Å². The van der Waals surface area contributed by atoms with E-state index < -0.39 is 0 Å². The molecule has 0 aliphatic carbocycles. The average Bonchev–Trinajstić information content (AvgIpc) is 2.61. The van der Waals surface area contributed by atoms with Gasteiger partial charge in [0, 0.05) is 38.3 Å². The first-order valence-electron chi connectivity index (χ1n) is 6.85. The normalized spacial score (nSPS) is 25.6. The van der Waals surface area contributed by atoms with Gasteiger partial charge in [-0.3, -0.25) is 0 Å². The molecule has 0 amide bonds. The Kier molecular flexibility index (Phi) is 3.56. The van der Waals surface area contributed by atoms with Crippen LogP contribution in [0.5, 0.6) is 0 Å². The van der Waals surface area contributed by atoms with Gasteiger partial charge in [-0.1, -0.05) is 0 Å². The maximum atomic E-state index is 13.2. The van der Waals surface area contributed by atoms with Crippen molar-refractivity contribution in [1.29, 1.82) is 0 Å². The molecule has 4 nitrogen and oxygen atoms in total. The standard InChI is InChI=1S/C14H16FN3O.ClH/c15-10-1-2-13-12(9-10)16-14(19-13)18-8-7-17-5-3-11(18)4-6-17;/h1-2,9,11H,3-8H2;1H. The van der Waals surface area contributed by atoms with Gasteiger partial charge in [-0.25, -0.2) is 4.39 Å². The fraction of sp³-hybridized carbons (Fsp3) is 0.500. The number of benzene rings is 1. The molecule has 6 heteroatoms. The van der Waals surface area contributed by atoms with Crippen molar-refractivity contribution >= 4 is 29.5 Å². The predicted molar refractivity (Wildman–Crippen MR) is 78.0 cm³/mol. The summed E-state index contributed by atoms with van der Waals surface area (Å²) in [7, 11) is 0. The van der Waals surface area contributed by atoms with Gasteiger partial charge >= 0.3 is 0 Å². The number of nitrogens with zero attached hydrogens (tertiary/aromatic N) is 3. The third-order valence-electron chi connectivity index (χ3n) is 4.24. The Balaban J connectivity index is 0.00000121. The van der Waals surface area contributed by atoms with Gasteiger partial charge in [-0.15, -0.1) is 12.4 Å². The molecule has 0 saturated carbocycles. The summed E-state index contributed by atoms with van der Waals surface area (Å²) >= 11 is 0. The van der Waals surface area contributed by atoms with Crippen LogP contribution in [0.4, 0.5) is 10.4 Å². The Labute approximate surface area is 123 Å². The molecular formula is C14H17ClFN3O. The highest BCUT2D eigenvalue weighted by molar-refractivity contribution is 5.85. The summed E-state index contributed by atoms with van der Waals surface area (Å²) in [5, 5.41) is 0. The fourth-order valence-corrected chi connectivity index (χ4v) is 3.15. The largest absolute Gasteiger partial charge is 0.423 e. The highest BCUT2D eigenvalue weighted by Crippen LogP contribution is 2.29. The second-order valence-corrected chi connectivity index (χ2v) is 5.37. The van der Waals surface area contributed by atoms with Gasteiger partial charge in [0.1, 0.15) is 11.3 Å². The van der Waals surface area contributed by atoms with Crippen LogP contribution >= 0.6 is 12.4 Å². The van der Waals surface area contributed by atoms with Crippen molar-refractivity contribution in [1.82, 2.24) is 9.88 Å². The minimum atomic E-state index is -0.268. The van der Waals surface area contributed by atoms with E-state index in [1.807, 2.05) is 0 Å². The van der Waals surface area contributed by atoms with E-state index in [0.717, 1.165) is 39.0 Å². The van der Waals surface area contributed by atoms with Crippen molar-refractivity contribution in [3.63, 3.8) is 0 Å². The number of fused-ring (bicyclic) bond motifs is 5. The van der Waals surface area contributed by atoms with Crippen LogP contribution in [0.25, 0.3) is 11.1 Å². The van der Waals surface area contributed by atoms with E-state index in [1.54, 1.807) is 6.07 Å². The maximum Gasteiger partial charge on any atom is 0.298 e. The van der Waals surface area contributed by atoms with E-state index in [9.17, 15) is 4.39 Å². The van der Waals surface area contributed by atoms with Gasteiger partial charge < -0.3 is 14.2 Å². The van der Waals surface area contributed by atoms with E-state index in [0.29, 0.717) is 23.2 Å². The molecule has 2 bridgehead atoms. The highest BCUT2D eigenvalue weighted by atomic mass is 35.5. The number of anilines is 1. The molecule has 0 spiro atoms. The van der Waals surface area contributed by atoms with Crippen molar-refractivity contribution in [3.05, 3.63) is 24.0 Å². The van der Waals surface area contributed by atoms with Crippen LogP contribution < -0.4 is 4.90 Å². The van der Waals surface area contributed by atoms with Gasteiger partial charge in [-0.05, 0) is 25.0 Å². The fourth-order valence-electron chi connectivity index (χ4n) is 3.15. The van der Waals surface area contributed by atoms with E-state index in [4.69, 9.17) is 4.42 Å². The number of oxazole rings is 1. The van der Waals surface area contributed by atoms with Crippen LogP contribution in [-0.2, 0) is 0 Å². The Bertz CT molecular complexity index is 609. The molecule has 1 aromatic heterocycles. The molecule has 3 aliphatic heterocycles. The number of hydrogen-bond donors (Lipinski definition) is 0. The summed E-state index contributed by atoms with van der Waals surface area (Å²) in [6, 6.07) is 5.66. The molecule has 2 aromatic rings. The van der Waals surface area contributed by atoms with Crippen LogP contribution in [0.2, 0.25) is 0 Å². The van der Waals surface area contributed by atoms with Crippen LogP contribution in [0.15, 0.2) is 22.6 Å². The Morgan fingerprint density at radius 1 is 1.15 bits per heavy atom. The number of rotatable bonds is 1. The van der Waals surface area contributed by atoms with Crippen molar-refractivity contribution < 1.29 is 8.81 Å². The molecule has 0 atom stereocenters. The first kappa shape index (κ1) is 13.6. The smallest absolute Gasteiger partial charge is 0.298 e. The number of halogens is 2. The molecule has 0 radical (unpaired) electrons. The third kappa shape index (κ3) is 2.25. The first-order chi connectivity index (χ1) is 9.29. The van der Waals surface area contributed by atoms with Crippen LogP contribution in [0.1, 0.15) is 12.8 Å². The second kappa shape index (κ2) is 5.22. The summed E-state index contributed by atoms with van der Waals surface area (Å²) in [5.74, 6) is -0.268. The average molecular weight is 298 g/mol. The quantitative estimate of drug-likeness (QED) is 0.810. The lowest BCUT2D eigenvalue weighted by molar-refractivity contribution is 0.249. The lowest BCUT2D eigenvalue weighted by Gasteiger charge is -2.30. The number of hydrogen-bond acceptors (Lipinski definition) is 4. The summed E-state index contributed by atoms with van der Waals surface area (Å²) < 4.78 is 19.0. The first-order valence-corrected chi connectivity index (χ1v) is 6.85. The van der Waals surface area contributed by atoms with Crippen LogP contribution in [0.3, 0.4) is 0 Å². The lowest BCUT2D eigenvalue weighted by atomic mass is 10.1. The van der Waals surface area contributed by atoms with E-state index in [2.05, 4.69) is 14.8 Å². The van der Waals surface area contributed by atoms with Gasteiger partial charge in [0.25, 0.3) is 6.01 Å². The lowest BCUT2D eigenvalue weighted by Crippen LogP contribution is -2.38. The van der Waals surface area contributed by atoms with Crippen LogP contribution in [0, 0.1) is 5.82 Å². The summed E-state index contributed by atoms with van der Waals surface area (Å²) in [6.07, 6.45) is 2.32. The zero-order chi connectivity index (χ0) is 12.8. The summed E-state index contributed by atoms with van der Waals surface area (Å²) in [6.45, 7) is 4.33. The topological polar surface area (TPSA) is 32.5 Å². The monoisotopic (exact) mass is 297 g/mol. The molecule has 0 unspecified atom stereocenters. The van der Waals surface area contributed by atoms with Crippen molar-refractivity contribution in [3.8, 4) is 0 Å². The Morgan fingerprint density at radius 3 is 2.75 bits per heavy atom. The van der Waals surface area contributed by atoms with Crippen molar-refractivity contribution in [2.24, 2.45) is 0 Å². The minimum absolute atomic E-state index is 0. The molecular weight excluding hydrogens is 281 g/mol. The Morgan fingerprint density at radius 2 is 1.95 bits per heavy atom.